The van der Waals surface area contributed by atoms with E-state index in [0.29, 0.717) is 11.3 Å². The average molecular weight is 341 g/mol. The van der Waals surface area contributed by atoms with Gasteiger partial charge in [0, 0.05) is 14.1 Å². The Hall–Kier alpha value is -3.54. The van der Waals surface area contributed by atoms with E-state index in [1.54, 1.807) is 24.3 Å². The molecule has 1 atom stereocenters. The van der Waals surface area contributed by atoms with E-state index in [2.05, 4.69) is 10.6 Å². The number of anilines is 1. The number of aromatic nitrogens is 2. The van der Waals surface area contributed by atoms with Crippen LogP contribution in [0.25, 0.3) is 0 Å². The van der Waals surface area contributed by atoms with Crippen molar-refractivity contribution in [2.45, 2.75) is 6.04 Å². The van der Waals surface area contributed by atoms with Crippen LogP contribution in [-0.2, 0) is 14.1 Å². The molecule has 9 nitrogen and oxygen atoms in total. The molecule has 2 aromatic rings. The van der Waals surface area contributed by atoms with Crippen molar-refractivity contribution in [2.75, 3.05) is 11.9 Å². The van der Waals surface area contributed by atoms with Gasteiger partial charge in [-0.2, -0.15) is 5.26 Å². The molecule has 0 unspecified atom stereocenters. The van der Waals surface area contributed by atoms with Gasteiger partial charge in [0.05, 0.1) is 11.6 Å². The van der Waals surface area contributed by atoms with E-state index in [0.717, 1.165) is 4.57 Å². The molecule has 0 saturated heterocycles. The topological polar surface area (TPSA) is 118 Å². The number of hydrogen-bond donors (Lipinski definition) is 2. The first kappa shape index (κ1) is 16.3. The van der Waals surface area contributed by atoms with Crippen molar-refractivity contribution in [3.05, 3.63) is 56.2 Å². The number of rotatable bonds is 3. The van der Waals surface area contributed by atoms with Crippen LogP contribution in [0, 0.1) is 11.3 Å². The van der Waals surface area contributed by atoms with Crippen LogP contribution in [0.1, 0.15) is 17.2 Å². The largest absolute Gasteiger partial charge is 0.479 e. The summed E-state index contributed by atoms with van der Waals surface area (Å²) in [5.74, 6) is 0.672. The zero-order valence-electron chi connectivity index (χ0n) is 13.6. The zero-order chi connectivity index (χ0) is 18.1. The Morgan fingerprint density at radius 3 is 2.48 bits per heavy atom. The van der Waals surface area contributed by atoms with Gasteiger partial charge in [0.25, 0.3) is 5.56 Å². The van der Waals surface area contributed by atoms with E-state index >= 15 is 0 Å². The fourth-order valence-electron chi connectivity index (χ4n) is 2.75. The molecule has 1 aliphatic heterocycles. The second-order valence-electron chi connectivity index (χ2n) is 5.52. The molecule has 2 heterocycles. The molecule has 0 radical (unpaired) electrons. The lowest BCUT2D eigenvalue weighted by Gasteiger charge is -2.28. The number of benzene rings is 1. The summed E-state index contributed by atoms with van der Waals surface area (Å²) in [6.45, 7) is -0.0745. The smallest absolute Gasteiger partial charge is 0.332 e. The molecule has 3 rings (SSSR count). The molecule has 1 aromatic carbocycles. The third kappa shape index (κ3) is 2.74. The molecule has 0 spiro atoms. The average Bonchev–Trinajstić information content (AvgIpc) is 2.62. The first-order chi connectivity index (χ1) is 11.9. The third-order valence-corrected chi connectivity index (χ3v) is 4.01. The van der Waals surface area contributed by atoms with Gasteiger partial charge < -0.3 is 10.1 Å². The molecule has 2 N–H and O–H groups in total. The van der Waals surface area contributed by atoms with Crippen LogP contribution in [0.4, 0.5) is 10.6 Å². The molecule has 128 valence electrons. The highest BCUT2D eigenvalue weighted by atomic mass is 16.5. The highest BCUT2D eigenvalue weighted by molar-refractivity contribution is 5.92. The van der Waals surface area contributed by atoms with Crippen molar-refractivity contribution in [3.8, 4) is 11.8 Å². The van der Waals surface area contributed by atoms with E-state index in [1.165, 1.54) is 18.7 Å². The molecule has 9 heteroatoms. The maximum absolute atomic E-state index is 12.6. The van der Waals surface area contributed by atoms with Crippen molar-refractivity contribution in [1.29, 1.82) is 5.26 Å². The predicted molar refractivity (Wildman–Crippen MR) is 88.5 cm³/mol. The van der Waals surface area contributed by atoms with Gasteiger partial charge in [-0.15, -0.1) is 0 Å². The summed E-state index contributed by atoms with van der Waals surface area (Å²) in [7, 11) is 2.87. The lowest BCUT2D eigenvalue weighted by molar-refractivity contribution is 0.248. The molecular formula is C16H15N5O4. The van der Waals surface area contributed by atoms with Crippen LogP contribution in [0.2, 0.25) is 0 Å². The predicted octanol–water partition coefficient (Wildman–Crippen LogP) is 0.211. The number of ether oxygens (including phenoxy) is 1. The Balaban J connectivity index is 2.11. The SMILES string of the molecule is Cn1c2c(c(=O)n(C)c1=O)[C@H](c1ccc(OCC#N)cc1)NC(=O)N2. The van der Waals surface area contributed by atoms with E-state index < -0.39 is 23.3 Å². The summed E-state index contributed by atoms with van der Waals surface area (Å²) < 4.78 is 7.42. The second-order valence-corrected chi connectivity index (χ2v) is 5.52. The van der Waals surface area contributed by atoms with Gasteiger partial charge in [-0.05, 0) is 17.7 Å². The van der Waals surface area contributed by atoms with E-state index in [9.17, 15) is 14.4 Å². The minimum absolute atomic E-state index is 0.0745. The van der Waals surface area contributed by atoms with Gasteiger partial charge in [0.2, 0.25) is 0 Å². The number of urea groups is 1. The van der Waals surface area contributed by atoms with Crippen LogP contribution in [0.3, 0.4) is 0 Å². The Bertz CT molecular complexity index is 997. The van der Waals surface area contributed by atoms with Crippen molar-refractivity contribution >= 4 is 11.8 Å². The summed E-state index contributed by atoms with van der Waals surface area (Å²) in [6.07, 6.45) is 0. The van der Waals surface area contributed by atoms with Gasteiger partial charge in [-0.3, -0.25) is 19.2 Å². The number of nitrogens with one attached hydrogen (secondary N) is 2. The van der Waals surface area contributed by atoms with E-state index in [4.69, 9.17) is 10.00 Å². The van der Waals surface area contributed by atoms with Crippen LogP contribution in [0.15, 0.2) is 33.9 Å². The first-order valence-electron chi connectivity index (χ1n) is 7.41. The van der Waals surface area contributed by atoms with Gasteiger partial charge >= 0.3 is 11.7 Å². The highest BCUT2D eigenvalue weighted by Gasteiger charge is 2.31. The van der Waals surface area contributed by atoms with Crippen LogP contribution >= 0.6 is 0 Å². The number of nitrogens with zero attached hydrogens (tertiary/aromatic N) is 3. The lowest BCUT2D eigenvalue weighted by Crippen LogP contribution is -2.49. The minimum Gasteiger partial charge on any atom is -0.479 e. The number of amides is 2. The Kier molecular flexibility index (Phi) is 4.02. The number of fused-ring (bicyclic) bond motifs is 1. The van der Waals surface area contributed by atoms with Crippen molar-refractivity contribution < 1.29 is 9.53 Å². The quantitative estimate of drug-likeness (QED) is 0.827. The zero-order valence-corrected chi connectivity index (χ0v) is 13.6. The number of nitriles is 1. The molecule has 1 aromatic heterocycles. The van der Waals surface area contributed by atoms with Gasteiger partial charge in [-0.1, -0.05) is 12.1 Å². The first-order valence-corrected chi connectivity index (χ1v) is 7.41. The highest BCUT2D eigenvalue weighted by Crippen LogP contribution is 2.29. The van der Waals surface area contributed by atoms with E-state index in [-0.39, 0.29) is 18.0 Å². The van der Waals surface area contributed by atoms with Gasteiger partial charge in [0.1, 0.15) is 17.6 Å². The molecular weight excluding hydrogens is 326 g/mol. The summed E-state index contributed by atoms with van der Waals surface area (Å²) in [6, 6.07) is 7.33. The number of hydrogen-bond acceptors (Lipinski definition) is 5. The Morgan fingerprint density at radius 1 is 1.16 bits per heavy atom. The van der Waals surface area contributed by atoms with Crippen molar-refractivity contribution in [3.63, 3.8) is 0 Å². The summed E-state index contributed by atoms with van der Waals surface area (Å²) >= 11 is 0. The van der Waals surface area contributed by atoms with E-state index in [1.807, 2.05) is 6.07 Å². The van der Waals surface area contributed by atoms with Crippen molar-refractivity contribution in [2.24, 2.45) is 14.1 Å². The number of carbonyl (C=O) groups excluding carboxylic acids is 1. The standard InChI is InChI=1S/C16H15N5O4/c1-20-13-11(14(22)21(2)16(20)24)12(18-15(23)19-13)9-3-5-10(6-4-9)25-8-7-17/h3-6,12H,8H2,1-2H3,(H2,18,19,23)/t12-/m0/s1. The van der Waals surface area contributed by atoms with Crippen LogP contribution < -0.4 is 26.6 Å². The molecule has 25 heavy (non-hydrogen) atoms. The Morgan fingerprint density at radius 2 is 1.84 bits per heavy atom. The fraction of sp³-hybridized carbons (Fsp3) is 0.250. The van der Waals surface area contributed by atoms with Crippen LogP contribution in [-0.4, -0.2) is 21.8 Å². The molecule has 0 aliphatic carbocycles. The third-order valence-electron chi connectivity index (χ3n) is 4.01. The normalized spacial score (nSPS) is 15.6. The van der Waals surface area contributed by atoms with Gasteiger partial charge in [-0.25, -0.2) is 9.59 Å². The molecule has 0 bridgehead atoms. The summed E-state index contributed by atoms with van der Waals surface area (Å²) in [5.41, 5.74) is -0.0867. The minimum atomic E-state index is -0.709. The number of carbonyl (C=O) groups is 1. The molecule has 0 fully saturated rings. The molecule has 2 amide bonds. The molecule has 1 aliphatic rings. The Labute approximate surface area is 142 Å². The lowest BCUT2D eigenvalue weighted by atomic mass is 9.98. The molecule has 0 saturated carbocycles. The summed E-state index contributed by atoms with van der Waals surface area (Å²) in [4.78, 5) is 36.6. The monoisotopic (exact) mass is 341 g/mol. The second kappa shape index (κ2) is 6.16. The van der Waals surface area contributed by atoms with Crippen molar-refractivity contribution in [1.82, 2.24) is 14.5 Å². The maximum atomic E-state index is 12.6. The fourth-order valence-corrected chi connectivity index (χ4v) is 2.75. The van der Waals surface area contributed by atoms with Crippen LogP contribution in [0.5, 0.6) is 5.75 Å². The maximum Gasteiger partial charge on any atom is 0.332 e. The summed E-state index contributed by atoms with van der Waals surface area (Å²) in [5, 5.41) is 13.7. The van der Waals surface area contributed by atoms with Gasteiger partial charge in [0.15, 0.2) is 6.61 Å².